The normalized spacial score (nSPS) is 10.8. The molecule has 0 saturated carbocycles. The van der Waals surface area contributed by atoms with Crippen molar-refractivity contribution >= 4 is 39.2 Å². The van der Waals surface area contributed by atoms with E-state index in [-0.39, 0.29) is 0 Å². The Morgan fingerprint density at radius 2 is 2.05 bits per heavy atom. The smallest absolute Gasteiger partial charge is 0.164 e. The number of anilines is 1. The van der Waals surface area contributed by atoms with Crippen LogP contribution in [-0.4, -0.2) is 4.98 Å². The molecule has 0 amide bonds. The summed E-state index contributed by atoms with van der Waals surface area (Å²) < 4.78 is 6.45. The fourth-order valence-electron chi connectivity index (χ4n) is 2.02. The van der Waals surface area contributed by atoms with Gasteiger partial charge in [0, 0.05) is 11.1 Å². The van der Waals surface area contributed by atoms with Crippen molar-refractivity contribution in [3.63, 3.8) is 0 Å². The Kier molecular flexibility index (Phi) is 3.42. The number of para-hydroxylation sites is 1. The van der Waals surface area contributed by atoms with Gasteiger partial charge in [0.2, 0.25) is 0 Å². The number of halogens is 1. The van der Waals surface area contributed by atoms with Crippen LogP contribution in [0.15, 0.2) is 46.9 Å². The van der Waals surface area contributed by atoms with Gasteiger partial charge < -0.3 is 9.73 Å². The molecule has 19 heavy (non-hydrogen) atoms. The Labute approximate surface area is 125 Å². The van der Waals surface area contributed by atoms with Crippen molar-refractivity contribution in [1.29, 1.82) is 0 Å². The van der Waals surface area contributed by atoms with Crippen molar-refractivity contribution in [3.05, 3.63) is 57.7 Å². The lowest BCUT2D eigenvalue weighted by Gasteiger charge is -2.08. The van der Waals surface area contributed by atoms with Crippen LogP contribution in [0.4, 0.5) is 5.69 Å². The number of benzene rings is 1. The van der Waals surface area contributed by atoms with Crippen LogP contribution < -0.4 is 5.32 Å². The third-order valence-corrected chi connectivity index (χ3v) is 3.52. The molecule has 0 radical (unpaired) electrons. The predicted molar refractivity (Wildman–Crippen MR) is 85.2 cm³/mol. The van der Waals surface area contributed by atoms with E-state index in [1.807, 2.05) is 37.3 Å². The van der Waals surface area contributed by atoms with Crippen molar-refractivity contribution in [2.24, 2.45) is 0 Å². The lowest BCUT2D eigenvalue weighted by atomic mass is 10.1. The third kappa shape index (κ3) is 2.73. The molecule has 0 aliphatic heterocycles. The maximum absolute atomic E-state index is 5.54. The topological polar surface area (TPSA) is 38.1 Å². The van der Waals surface area contributed by atoms with Crippen LogP contribution >= 0.6 is 22.6 Å². The van der Waals surface area contributed by atoms with Gasteiger partial charge in [-0.2, -0.15) is 0 Å². The molecule has 0 atom stereocenters. The standard InChI is InChI=1S/C15H13IN2O/c1-10-5-6-11-3-2-4-13(15(11)18-10)17-9-12-7-8-14(16)19-12/h2-8,17H,9H2,1H3. The van der Waals surface area contributed by atoms with E-state index in [2.05, 4.69) is 45.0 Å². The van der Waals surface area contributed by atoms with Gasteiger partial charge in [-0.3, -0.25) is 4.98 Å². The first-order valence-electron chi connectivity index (χ1n) is 6.07. The van der Waals surface area contributed by atoms with Gasteiger partial charge in [-0.1, -0.05) is 18.2 Å². The van der Waals surface area contributed by atoms with Gasteiger partial charge >= 0.3 is 0 Å². The number of furan rings is 1. The van der Waals surface area contributed by atoms with Crippen LogP contribution in [0.5, 0.6) is 0 Å². The summed E-state index contributed by atoms with van der Waals surface area (Å²) in [6, 6.07) is 14.2. The van der Waals surface area contributed by atoms with Gasteiger partial charge in [0.15, 0.2) is 3.77 Å². The number of nitrogens with zero attached hydrogens (tertiary/aromatic N) is 1. The summed E-state index contributed by atoms with van der Waals surface area (Å²) in [5.41, 5.74) is 3.06. The summed E-state index contributed by atoms with van der Waals surface area (Å²) in [7, 11) is 0. The van der Waals surface area contributed by atoms with Crippen LogP contribution in [0.25, 0.3) is 10.9 Å². The molecular formula is C15H13IN2O. The van der Waals surface area contributed by atoms with E-state index in [1.165, 1.54) is 0 Å². The lowest BCUT2D eigenvalue weighted by Crippen LogP contribution is -1.99. The molecule has 0 fully saturated rings. The highest BCUT2D eigenvalue weighted by molar-refractivity contribution is 14.1. The van der Waals surface area contributed by atoms with Crippen molar-refractivity contribution in [2.75, 3.05) is 5.32 Å². The molecule has 2 heterocycles. The van der Waals surface area contributed by atoms with Gasteiger partial charge in [-0.05, 0) is 53.8 Å². The summed E-state index contributed by atoms with van der Waals surface area (Å²) in [4.78, 5) is 4.60. The molecule has 1 N–H and O–H groups in total. The monoisotopic (exact) mass is 364 g/mol. The van der Waals surface area contributed by atoms with Gasteiger partial charge in [0.05, 0.1) is 17.7 Å². The number of fused-ring (bicyclic) bond motifs is 1. The van der Waals surface area contributed by atoms with Crippen molar-refractivity contribution < 1.29 is 4.42 Å². The molecule has 1 aromatic carbocycles. The van der Waals surface area contributed by atoms with E-state index >= 15 is 0 Å². The molecule has 0 saturated heterocycles. The van der Waals surface area contributed by atoms with Crippen LogP contribution in [-0.2, 0) is 6.54 Å². The second-order valence-corrected chi connectivity index (χ2v) is 5.45. The quantitative estimate of drug-likeness (QED) is 0.702. The summed E-state index contributed by atoms with van der Waals surface area (Å²) in [6.45, 7) is 2.67. The number of nitrogens with one attached hydrogen (secondary N) is 1. The average Bonchev–Trinajstić information content (AvgIpc) is 2.82. The highest BCUT2D eigenvalue weighted by Gasteiger charge is 2.04. The van der Waals surface area contributed by atoms with Gasteiger partial charge in [0.1, 0.15) is 5.76 Å². The molecule has 96 valence electrons. The minimum absolute atomic E-state index is 0.664. The molecule has 0 spiro atoms. The molecule has 0 bridgehead atoms. The largest absolute Gasteiger partial charge is 0.454 e. The second-order valence-electron chi connectivity index (χ2n) is 4.39. The lowest BCUT2D eigenvalue weighted by molar-refractivity contribution is 0.493. The summed E-state index contributed by atoms with van der Waals surface area (Å²) in [5.74, 6) is 0.925. The van der Waals surface area contributed by atoms with E-state index in [4.69, 9.17) is 4.42 Å². The van der Waals surface area contributed by atoms with Crippen molar-refractivity contribution in [2.45, 2.75) is 13.5 Å². The Morgan fingerprint density at radius 3 is 2.84 bits per heavy atom. The Bertz CT molecular complexity index is 721. The maximum atomic E-state index is 5.54. The van der Waals surface area contributed by atoms with E-state index in [0.717, 1.165) is 31.8 Å². The molecule has 2 aromatic heterocycles. The first kappa shape index (κ1) is 12.5. The fourth-order valence-corrected chi connectivity index (χ4v) is 2.48. The van der Waals surface area contributed by atoms with Crippen molar-refractivity contribution in [3.8, 4) is 0 Å². The molecule has 3 rings (SSSR count). The zero-order valence-electron chi connectivity index (χ0n) is 10.5. The average molecular weight is 364 g/mol. The van der Waals surface area contributed by atoms with E-state index < -0.39 is 0 Å². The number of aryl methyl sites for hydroxylation is 1. The van der Waals surface area contributed by atoms with E-state index in [0.29, 0.717) is 6.54 Å². The minimum Gasteiger partial charge on any atom is -0.454 e. The number of hydrogen-bond donors (Lipinski definition) is 1. The van der Waals surface area contributed by atoms with Gasteiger partial charge in [0.25, 0.3) is 0 Å². The molecule has 4 heteroatoms. The highest BCUT2D eigenvalue weighted by Crippen LogP contribution is 2.22. The van der Waals surface area contributed by atoms with Crippen molar-refractivity contribution in [1.82, 2.24) is 4.98 Å². The molecule has 0 unspecified atom stereocenters. The Morgan fingerprint density at radius 1 is 1.16 bits per heavy atom. The zero-order chi connectivity index (χ0) is 13.2. The number of pyridine rings is 1. The fraction of sp³-hybridized carbons (Fsp3) is 0.133. The molecule has 0 aliphatic carbocycles. The maximum Gasteiger partial charge on any atom is 0.164 e. The summed E-state index contributed by atoms with van der Waals surface area (Å²) in [6.07, 6.45) is 0. The Hall–Kier alpha value is -1.56. The molecule has 0 aliphatic rings. The predicted octanol–water partition coefficient (Wildman–Crippen LogP) is 4.35. The zero-order valence-corrected chi connectivity index (χ0v) is 12.6. The molecule has 3 nitrogen and oxygen atoms in total. The van der Waals surface area contributed by atoms with Crippen LogP contribution in [0.2, 0.25) is 0 Å². The van der Waals surface area contributed by atoms with Crippen LogP contribution in [0.3, 0.4) is 0 Å². The second kappa shape index (κ2) is 5.21. The van der Waals surface area contributed by atoms with Crippen LogP contribution in [0, 0.1) is 10.7 Å². The first-order valence-corrected chi connectivity index (χ1v) is 7.15. The Balaban J connectivity index is 1.90. The number of rotatable bonds is 3. The number of hydrogen-bond acceptors (Lipinski definition) is 3. The van der Waals surface area contributed by atoms with E-state index in [1.54, 1.807) is 0 Å². The SMILES string of the molecule is Cc1ccc2cccc(NCc3ccc(I)o3)c2n1. The highest BCUT2D eigenvalue weighted by atomic mass is 127. The summed E-state index contributed by atoms with van der Waals surface area (Å²) in [5, 5.41) is 4.53. The molecular weight excluding hydrogens is 351 g/mol. The van der Waals surface area contributed by atoms with Gasteiger partial charge in [-0.15, -0.1) is 0 Å². The number of aromatic nitrogens is 1. The first-order chi connectivity index (χ1) is 9.22. The van der Waals surface area contributed by atoms with E-state index in [9.17, 15) is 0 Å². The molecule has 3 aromatic rings. The summed E-state index contributed by atoms with van der Waals surface area (Å²) >= 11 is 2.17. The third-order valence-electron chi connectivity index (χ3n) is 2.94. The van der Waals surface area contributed by atoms with Crippen LogP contribution in [0.1, 0.15) is 11.5 Å². The van der Waals surface area contributed by atoms with Gasteiger partial charge in [-0.25, -0.2) is 0 Å². The minimum atomic E-state index is 0.664.